The third-order valence-electron chi connectivity index (χ3n) is 0.959. The number of hydrogen-bond donors (Lipinski definition) is 0. The van der Waals surface area contributed by atoms with E-state index in [1.807, 2.05) is 0 Å². The van der Waals surface area contributed by atoms with Gasteiger partial charge >= 0.3 is 72.3 Å². The van der Waals surface area contributed by atoms with Gasteiger partial charge in [-0.05, 0) is 0 Å². The van der Waals surface area contributed by atoms with E-state index in [-0.39, 0.29) is 5.88 Å². The molecule has 0 aliphatic heterocycles. The van der Waals surface area contributed by atoms with Gasteiger partial charge in [-0.1, -0.05) is 0 Å². The van der Waals surface area contributed by atoms with Crippen LogP contribution in [-0.2, 0) is 23.3 Å². The molecule has 0 amide bonds. The van der Waals surface area contributed by atoms with Gasteiger partial charge in [0.15, 0.2) is 0 Å². The van der Waals surface area contributed by atoms with Crippen molar-refractivity contribution >= 4 is 17.4 Å². The minimum atomic E-state index is -1.57. The summed E-state index contributed by atoms with van der Waals surface area (Å²) in [4.78, 5) is 9.46. The molecule has 0 aliphatic carbocycles. The minimum absolute atomic E-state index is 0.212. The van der Waals surface area contributed by atoms with Crippen molar-refractivity contribution in [3.05, 3.63) is 22.2 Å². The van der Waals surface area contributed by atoms with Gasteiger partial charge in [-0.3, -0.25) is 0 Å². The quantitative estimate of drug-likeness (QED) is 0.456. The molecule has 50 valence electrons. The van der Waals surface area contributed by atoms with Crippen LogP contribution in [0.4, 0.5) is 5.88 Å². The SMILES string of the molecule is O=[N+]([O-])c1cc[c]([Hg][Cl])o1. The van der Waals surface area contributed by atoms with Crippen LogP contribution in [0.1, 0.15) is 0 Å². The Labute approximate surface area is 72.2 Å². The van der Waals surface area contributed by atoms with Crippen molar-refractivity contribution in [1.82, 2.24) is 0 Å². The molecule has 0 aliphatic rings. The Balaban J connectivity index is 2.88. The zero-order valence-corrected chi connectivity index (χ0v) is 11.2. The molecule has 10 heavy (non-hydrogen) atoms. The first-order valence-electron chi connectivity index (χ1n) is 2.53. The van der Waals surface area contributed by atoms with Crippen LogP contribution in [0.5, 0.6) is 0 Å². The Kier molecular flexibility index (Phi) is 2.68. The van der Waals surface area contributed by atoms with E-state index in [9.17, 15) is 10.1 Å². The molecule has 0 aromatic carbocycles. The van der Waals surface area contributed by atoms with Crippen LogP contribution in [-0.4, -0.2) is 4.92 Å². The van der Waals surface area contributed by atoms with Gasteiger partial charge < -0.3 is 0 Å². The van der Waals surface area contributed by atoms with E-state index >= 15 is 0 Å². The van der Waals surface area contributed by atoms with Crippen LogP contribution in [0.15, 0.2) is 16.5 Å². The zero-order valence-electron chi connectivity index (χ0n) is 4.91. The maximum atomic E-state index is 10.0. The van der Waals surface area contributed by atoms with Crippen LogP contribution in [0.3, 0.4) is 0 Å². The summed E-state index contributed by atoms with van der Waals surface area (Å²) < 4.78 is 5.39. The van der Waals surface area contributed by atoms with Gasteiger partial charge in [-0.25, -0.2) is 0 Å². The molecule has 0 spiro atoms. The molecule has 0 saturated heterocycles. The molecule has 0 unspecified atom stereocenters. The number of nitrogens with zero attached hydrogens (tertiary/aromatic N) is 1. The van der Waals surface area contributed by atoms with Crippen LogP contribution < -0.4 is 3.27 Å². The van der Waals surface area contributed by atoms with Gasteiger partial charge in [0.1, 0.15) is 0 Å². The summed E-state index contributed by atoms with van der Waals surface area (Å²) in [7, 11) is 5.55. The summed E-state index contributed by atoms with van der Waals surface area (Å²) in [5.41, 5.74) is 0. The van der Waals surface area contributed by atoms with E-state index in [0.29, 0.717) is 3.27 Å². The summed E-state index contributed by atoms with van der Waals surface area (Å²) in [6, 6.07) is 2.91. The average molecular weight is 348 g/mol. The third kappa shape index (κ3) is 1.70. The molecule has 0 radical (unpaired) electrons. The van der Waals surface area contributed by atoms with Crippen LogP contribution >= 0.6 is 8.25 Å². The van der Waals surface area contributed by atoms with Crippen molar-refractivity contribution in [2.75, 3.05) is 0 Å². The second-order valence-electron chi connectivity index (χ2n) is 1.63. The van der Waals surface area contributed by atoms with E-state index < -0.39 is 28.3 Å². The predicted molar refractivity (Wildman–Crippen MR) is 30.8 cm³/mol. The molecule has 1 heterocycles. The maximum absolute atomic E-state index is 10.0. The van der Waals surface area contributed by atoms with Crippen molar-refractivity contribution in [1.29, 1.82) is 0 Å². The fraction of sp³-hybridized carbons (Fsp3) is 0. The summed E-state index contributed by atoms with van der Waals surface area (Å²) in [5.74, 6) is -0.212. The van der Waals surface area contributed by atoms with Gasteiger partial charge in [0.2, 0.25) is 0 Å². The number of rotatable bonds is 2. The van der Waals surface area contributed by atoms with Crippen LogP contribution in [0.25, 0.3) is 0 Å². The Bertz CT molecular complexity index is 248. The Hall–Kier alpha value is -0.0949. The molecule has 0 fully saturated rings. The Morgan fingerprint density at radius 1 is 1.70 bits per heavy atom. The summed E-state index contributed by atoms with van der Waals surface area (Å²) >= 11 is -1.57. The van der Waals surface area contributed by atoms with Crippen molar-refractivity contribution in [2.45, 2.75) is 0 Å². The fourth-order valence-corrected chi connectivity index (χ4v) is 3.39. The molecular weight excluding hydrogens is 346 g/mol. The van der Waals surface area contributed by atoms with Gasteiger partial charge in [0.25, 0.3) is 0 Å². The third-order valence-corrected chi connectivity index (χ3v) is 5.77. The predicted octanol–water partition coefficient (Wildman–Crippen LogP) is 1.05. The molecule has 0 bridgehead atoms. The standard InChI is InChI=1S/C4H2NO3.ClH.Hg/c6-5(7)4-2-1-3-8-4;;/h1-2H;1H;/q;;+1/p-1. The molecule has 4 nitrogen and oxygen atoms in total. The molecule has 0 N–H and O–H groups in total. The monoisotopic (exact) mass is 349 g/mol. The van der Waals surface area contributed by atoms with E-state index in [1.54, 1.807) is 6.07 Å². The molecular formula is C4H2ClHgNO3. The molecule has 1 aromatic heterocycles. The van der Waals surface area contributed by atoms with Gasteiger partial charge in [0, 0.05) is 0 Å². The first-order chi connectivity index (χ1) is 4.74. The van der Waals surface area contributed by atoms with Gasteiger partial charge in [-0.15, -0.1) is 0 Å². The molecule has 1 rings (SSSR count). The Morgan fingerprint density at radius 2 is 2.40 bits per heavy atom. The molecule has 0 saturated carbocycles. The van der Waals surface area contributed by atoms with Gasteiger partial charge in [-0.2, -0.15) is 0 Å². The second kappa shape index (κ2) is 3.34. The Morgan fingerprint density at radius 3 is 2.70 bits per heavy atom. The van der Waals surface area contributed by atoms with Crippen molar-refractivity contribution < 1.29 is 32.7 Å². The van der Waals surface area contributed by atoms with Crippen LogP contribution in [0, 0.1) is 10.1 Å². The van der Waals surface area contributed by atoms with Crippen molar-refractivity contribution in [3.63, 3.8) is 0 Å². The molecule has 6 heteroatoms. The zero-order chi connectivity index (χ0) is 7.56. The number of nitro groups is 1. The van der Waals surface area contributed by atoms with E-state index in [0.717, 1.165) is 0 Å². The first-order valence-corrected chi connectivity index (χ1v) is 12.0. The molecule has 0 atom stereocenters. The summed E-state index contributed by atoms with van der Waals surface area (Å²) in [6.07, 6.45) is 0. The van der Waals surface area contributed by atoms with Gasteiger partial charge in [0.05, 0.1) is 0 Å². The van der Waals surface area contributed by atoms with Crippen molar-refractivity contribution in [3.8, 4) is 0 Å². The second-order valence-corrected chi connectivity index (χ2v) is 7.72. The fourth-order valence-electron chi connectivity index (χ4n) is 0.537. The number of hydrogen-bond acceptors (Lipinski definition) is 3. The van der Waals surface area contributed by atoms with E-state index in [2.05, 4.69) is 0 Å². The van der Waals surface area contributed by atoms with Crippen LogP contribution in [0.2, 0.25) is 0 Å². The normalized spacial score (nSPS) is 8.90. The topological polar surface area (TPSA) is 56.3 Å². The molecule has 1 aromatic rings. The summed E-state index contributed by atoms with van der Waals surface area (Å²) in [5, 5.41) is 10.0. The number of halogens is 1. The van der Waals surface area contributed by atoms with Crippen molar-refractivity contribution in [2.24, 2.45) is 0 Å². The van der Waals surface area contributed by atoms with E-state index in [1.165, 1.54) is 6.07 Å². The first kappa shape index (κ1) is 8.01. The number of furan rings is 1. The summed E-state index contributed by atoms with van der Waals surface area (Å²) in [6.45, 7) is 0. The van der Waals surface area contributed by atoms with E-state index in [4.69, 9.17) is 12.7 Å². The average Bonchev–Trinajstić information content (AvgIpc) is 2.34.